The van der Waals surface area contributed by atoms with Gasteiger partial charge in [0.05, 0.1) is 18.6 Å². The van der Waals surface area contributed by atoms with Crippen molar-refractivity contribution in [2.75, 3.05) is 6.61 Å². The number of ether oxygens (including phenoxy) is 1. The van der Waals surface area contributed by atoms with Gasteiger partial charge in [-0.25, -0.2) is 0 Å². The average Bonchev–Trinajstić information content (AvgIpc) is 2.87. The molecule has 14 heavy (non-hydrogen) atoms. The summed E-state index contributed by atoms with van der Waals surface area (Å²) in [5, 5.41) is 3.44. The molecule has 1 aromatic rings. The van der Waals surface area contributed by atoms with Crippen LogP contribution in [0.4, 0.5) is 0 Å². The first kappa shape index (κ1) is 9.74. The van der Waals surface area contributed by atoms with E-state index in [1.165, 1.54) is 18.4 Å². The van der Waals surface area contributed by atoms with E-state index in [-0.39, 0.29) is 0 Å². The molecule has 0 radical (unpaired) electrons. The third-order valence-electron chi connectivity index (χ3n) is 2.73. The molecule has 2 atom stereocenters. The zero-order valence-electron chi connectivity index (χ0n) is 8.53. The van der Waals surface area contributed by atoms with Crippen LogP contribution in [-0.4, -0.2) is 18.8 Å². The Kier molecular flexibility index (Phi) is 3.22. The van der Waals surface area contributed by atoms with Crippen LogP contribution in [0.3, 0.4) is 0 Å². The fourth-order valence-corrected chi connectivity index (χ4v) is 1.80. The van der Waals surface area contributed by atoms with Gasteiger partial charge in [0.15, 0.2) is 0 Å². The Morgan fingerprint density at radius 1 is 1.64 bits per heavy atom. The van der Waals surface area contributed by atoms with Crippen molar-refractivity contribution in [2.24, 2.45) is 0 Å². The molecule has 2 rings (SSSR count). The van der Waals surface area contributed by atoms with Gasteiger partial charge in [-0.15, -0.1) is 0 Å². The van der Waals surface area contributed by atoms with Crippen LogP contribution >= 0.6 is 0 Å². The predicted molar refractivity (Wildman–Crippen MR) is 54.0 cm³/mol. The van der Waals surface area contributed by atoms with Crippen molar-refractivity contribution in [3.63, 3.8) is 0 Å². The first-order valence-electron chi connectivity index (χ1n) is 5.22. The molecule has 1 N–H and O–H groups in total. The average molecular weight is 195 g/mol. The van der Waals surface area contributed by atoms with E-state index in [1.807, 2.05) is 6.07 Å². The molecule has 1 saturated heterocycles. The Balaban J connectivity index is 1.74. The lowest BCUT2D eigenvalue weighted by Crippen LogP contribution is -2.36. The van der Waals surface area contributed by atoms with Crippen LogP contribution in [-0.2, 0) is 11.3 Å². The highest BCUT2D eigenvalue weighted by atomic mass is 16.5. The lowest BCUT2D eigenvalue weighted by molar-refractivity contribution is 0.0832. The number of hydrogen-bond donors (Lipinski definition) is 1. The second-order valence-electron chi connectivity index (χ2n) is 3.85. The zero-order chi connectivity index (χ0) is 9.80. The molecule has 0 saturated carbocycles. The molecule has 78 valence electrons. The summed E-state index contributed by atoms with van der Waals surface area (Å²) in [6.07, 6.45) is 6.24. The number of furan rings is 1. The third kappa shape index (κ3) is 2.36. The van der Waals surface area contributed by atoms with Gasteiger partial charge < -0.3 is 14.5 Å². The monoisotopic (exact) mass is 195 g/mol. The zero-order valence-corrected chi connectivity index (χ0v) is 8.53. The molecule has 3 heteroatoms. The van der Waals surface area contributed by atoms with Gasteiger partial charge in [0, 0.05) is 24.8 Å². The van der Waals surface area contributed by atoms with Gasteiger partial charge in [0.25, 0.3) is 0 Å². The summed E-state index contributed by atoms with van der Waals surface area (Å²) in [6.45, 7) is 3.95. The summed E-state index contributed by atoms with van der Waals surface area (Å²) in [6, 6.07) is 2.40. The lowest BCUT2D eigenvalue weighted by Gasteiger charge is -2.19. The predicted octanol–water partition coefficient (Wildman–Crippen LogP) is 1.94. The maximum absolute atomic E-state index is 5.60. The van der Waals surface area contributed by atoms with Gasteiger partial charge in [-0.1, -0.05) is 0 Å². The minimum Gasteiger partial charge on any atom is -0.472 e. The van der Waals surface area contributed by atoms with E-state index < -0.39 is 0 Å². The lowest BCUT2D eigenvalue weighted by atomic mass is 10.1. The Labute approximate surface area is 84.4 Å². The van der Waals surface area contributed by atoms with Crippen LogP contribution < -0.4 is 5.32 Å². The van der Waals surface area contributed by atoms with E-state index in [0.29, 0.717) is 12.1 Å². The fourth-order valence-electron chi connectivity index (χ4n) is 1.80. The van der Waals surface area contributed by atoms with E-state index in [9.17, 15) is 0 Å². The largest absolute Gasteiger partial charge is 0.472 e. The summed E-state index contributed by atoms with van der Waals surface area (Å²) in [4.78, 5) is 0. The summed E-state index contributed by atoms with van der Waals surface area (Å²) >= 11 is 0. The summed E-state index contributed by atoms with van der Waals surface area (Å²) in [5.41, 5.74) is 1.19. The number of nitrogens with one attached hydrogen (secondary N) is 1. The highest BCUT2D eigenvalue weighted by Crippen LogP contribution is 2.15. The fraction of sp³-hybridized carbons (Fsp3) is 0.636. The molecule has 0 spiro atoms. The topological polar surface area (TPSA) is 34.4 Å². The Hall–Kier alpha value is -0.800. The molecule has 0 amide bonds. The van der Waals surface area contributed by atoms with E-state index in [4.69, 9.17) is 9.15 Å². The van der Waals surface area contributed by atoms with Gasteiger partial charge in [0.2, 0.25) is 0 Å². The molecule has 1 fully saturated rings. The van der Waals surface area contributed by atoms with Crippen molar-refractivity contribution in [1.29, 1.82) is 0 Å². The molecule has 1 aromatic heterocycles. The molecule has 0 bridgehead atoms. The third-order valence-corrected chi connectivity index (χ3v) is 2.73. The molecule has 0 aromatic carbocycles. The first-order valence-corrected chi connectivity index (χ1v) is 5.22. The highest BCUT2D eigenvalue weighted by Gasteiger charge is 2.21. The molecule has 2 heterocycles. The van der Waals surface area contributed by atoms with E-state index in [2.05, 4.69) is 12.2 Å². The minimum atomic E-state index is 0.391. The molecule has 0 aliphatic carbocycles. The second kappa shape index (κ2) is 4.62. The smallest absolute Gasteiger partial charge is 0.0947 e. The van der Waals surface area contributed by atoms with E-state index >= 15 is 0 Å². The maximum Gasteiger partial charge on any atom is 0.0947 e. The number of hydrogen-bond acceptors (Lipinski definition) is 3. The van der Waals surface area contributed by atoms with Crippen molar-refractivity contribution in [3.05, 3.63) is 24.2 Å². The Morgan fingerprint density at radius 3 is 3.21 bits per heavy atom. The van der Waals surface area contributed by atoms with Gasteiger partial charge in [0.1, 0.15) is 0 Å². The van der Waals surface area contributed by atoms with E-state index in [0.717, 1.165) is 13.2 Å². The van der Waals surface area contributed by atoms with Crippen LogP contribution in [0.5, 0.6) is 0 Å². The molecule has 1 aliphatic rings. The first-order chi connectivity index (χ1) is 6.86. The molecular weight excluding hydrogens is 178 g/mol. The van der Waals surface area contributed by atoms with Crippen molar-refractivity contribution in [1.82, 2.24) is 5.32 Å². The van der Waals surface area contributed by atoms with Gasteiger partial charge in [-0.3, -0.25) is 0 Å². The Morgan fingerprint density at radius 2 is 2.57 bits per heavy atom. The molecule has 3 nitrogen and oxygen atoms in total. The van der Waals surface area contributed by atoms with Crippen molar-refractivity contribution >= 4 is 0 Å². The minimum absolute atomic E-state index is 0.391. The van der Waals surface area contributed by atoms with Crippen LogP contribution in [0, 0.1) is 0 Å². The van der Waals surface area contributed by atoms with Gasteiger partial charge >= 0.3 is 0 Å². The number of rotatable bonds is 4. The van der Waals surface area contributed by atoms with Crippen molar-refractivity contribution < 1.29 is 9.15 Å². The normalized spacial score (nSPS) is 23.9. The summed E-state index contributed by atoms with van der Waals surface area (Å²) < 4.78 is 10.6. The van der Waals surface area contributed by atoms with Crippen LogP contribution in [0.15, 0.2) is 23.0 Å². The Bertz CT molecular complexity index is 252. The van der Waals surface area contributed by atoms with Crippen LogP contribution in [0.2, 0.25) is 0 Å². The quantitative estimate of drug-likeness (QED) is 0.797. The summed E-state index contributed by atoms with van der Waals surface area (Å²) in [7, 11) is 0. The van der Waals surface area contributed by atoms with Crippen LogP contribution in [0.1, 0.15) is 25.3 Å². The second-order valence-corrected chi connectivity index (χ2v) is 3.85. The van der Waals surface area contributed by atoms with Gasteiger partial charge in [-0.2, -0.15) is 0 Å². The van der Waals surface area contributed by atoms with E-state index in [1.54, 1.807) is 12.5 Å². The van der Waals surface area contributed by atoms with Crippen molar-refractivity contribution in [3.8, 4) is 0 Å². The summed E-state index contributed by atoms with van der Waals surface area (Å²) in [5.74, 6) is 0. The van der Waals surface area contributed by atoms with Gasteiger partial charge in [-0.05, 0) is 25.8 Å². The van der Waals surface area contributed by atoms with Crippen molar-refractivity contribution in [2.45, 2.75) is 38.5 Å². The molecule has 1 aliphatic heterocycles. The molecular formula is C11H17NO2. The van der Waals surface area contributed by atoms with Crippen LogP contribution in [0.25, 0.3) is 0 Å². The standard InChI is InChI=1S/C11H17NO2/c1-9(11-3-2-5-14-11)12-7-10-4-6-13-8-10/h4,6,8-9,11-12H,2-3,5,7H2,1H3. The highest BCUT2D eigenvalue weighted by molar-refractivity contribution is 5.04. The molecule has 2 unspecified atom stereocenters. The maximum atomic E-state index is 5.60. The SMILES string of the molecule is CC(NCc1ccoc1)C1CCCO1.